The fourth-order valence-electron chi connectivity index (χ4n) is 1.33. The second-order valence-electron chi connectivity index (χ2n) is 4.33. The molecule has 1 saturated carbocycles. The van der Waals surface area contributed by atoms with E-state index in [-0.39, 0.29) is 5.60 Å². The lowest BCUT2D eigenvalue weighted by Crippen LogP contribution is -2.35. The lowest BCUT2D eigenvalue weighted by molar-refractivity contribution is 0.0589. The van der Waals surface area contributed by atoms with Gasteiger partial charge in [0, 0.05) is 7.11 Å². The molecular formula is C8H18O2Si. The van der Waals surface area contributed by atoms with Crippen molar-refractivity contribution in [1.29, 1.82) is 0 Å². The first-order valence-electron chi connectivity index (χ1n) is 4.17. The van der Waals surface area contributed by atoms with E-state index in [1.54, 1.807) is 7.11 Å². The smallest absolute Gasteiger partial charge is 0.184 e. The molecule has 0 aromatic carbocycles. The summed E-state index contributed by atoms with van der Waals surface area (Å²) in [6.45, 7) is 7.45. The SMILES string of the molecule is COCC1(O[Si](C)(C)C)CC1. The largest absolute Gasteiger partial charge is 0.410 e. The van der Waals surface area contributed by atoms with Crippen LogP contribution in [0.4, 0.5) is 0 Å². The third-order valence-corrected chi connectivity index (χ3v) is 2.78. The first-order chi connectivity index (χ1) is 4.97. The Morgan fingerprint density at radius 1 is 1.27 bits per heavy atom. The van der Waals surface area contributed by atoms with Crippen LogP contribution in [0.15, 0.2) is 0 Å². The molecule has 11 heavy (non-hydrogen) atoms. The van der Waals surface area contributed by atoms with Crippen molar-refractivity contribution in [3.63, 3.8) is 0 Å². The van der Waals surface area contributed by atoms with Crippen molar-refractivity contribution < 1.29 is 9.16 Å². The summed E-state index contributed by atoms with van der Waals surface area (Å²) in [6.07, 6.45) is 2.37. The maximum Gasteiger partial charge on any atom is 0.184 e. The van der Waals surface area contributed by atoms with Gasteiger partial charge in [-0.25, -0.2) is 0 Å². The summed E-state index contributed by atoms with van der Waals surface area (Å²) >= 11 is 0. The van der Waals surface area contributed by atoms with Gasteiger partial charge in [-0.15, -0.1) is 0 Å². The zero-order valence-corrected chi connectivity index (χ0v) is 8.94. The van der Waals surface area contributed by atoms with E-state index >= 15 is 0 Å². The Balaban J connectivity index is 2.35. The molecule has 0 aliphatic heterocycles. The highest BCUT2D eigenvalue weighted by atomic mass is 28.4. The van der Waals surface area contributed by atoms with Gasteiger partial charge in [-0.2, -0.15) is 0 Å². The Hall–Kier alpha value is 0.137. The Morgan fingerprint density at radius 2 is 1.82 bits per heavy atom. The minimum absolute atomic E-state index is 0.124. The number of hydrogen-bond donors (Lipinski definition) is 0. The predicted molar refractivity (Wildman–Crippen MR) is 48.3 cm³/mol. The number of methoxy groups -OCH3 is 1. The Labute approximate surface area is 70.0 Å². The molecule has 0 atom stereocenters. The highest BCUT2D eigenvalue weighted by Crippen LogP contribution is 2.41. The molecule has 1 fully saturated rings. The molecule has 66 valence electrons. The summed E-state index contributed by atoms with van der Waals surface area (Å²) in [5.41, 5.74) is 0.124. The fourth-order valence-corrected chi connectivity index (χ4v) is 2.89. The monoisotopic (exact) mass is 174 g/mol. The van der Waals surface area contributed by atoms with Crippen molar-refractivity contribution in [2.45, 2.75) is 38.1 Å². The molecule has 0 unspecified atom stereocenters. The Kier molecular flexibility index (Phi) is 2.42. The van der Waals surface area contributed by atoms with E-state index in [2.05, 4.69) is 19.6 Å². The summed E-state index contributed by atoms with van der Waals surface area (Å²) in [4.78, 5) is 0. The zero-order valence-electron chi connectivity index (χ0n) is 7.94. The van der Waals surface area contributed by atoms with Crippen molar-refractivity contribution in [3.05, 3.63) is 0 Å². The van der Waals surface area contributed by atoms with Crippen molar-refractivity contribution in [2.75, 3.05) is 13.7 Å². The molecule has 0 radical (unpaired) electrons. The molecule has 0 saturated heterocycles. The van der Waals surface area contributed by atoms with Crippen LogP contribution < -0.4 is 0 Å². The molecule has 3 heteroatoms. The van der Waals surface area contributed by atoms with Gasteiger partial charge >= 0.3 is 0 Å². The summed E-state index contributed by atoms with van der Waals surface area (Å²) in [6, 6.07) is 0. The maximum absolute atomic E-state index is 5.99. The van der Waals surface area contributed by atoms with E-state index in [9.17, 15) is 0 Å². The van der Waals surface area contributed by atoms with Gasteiger partial charge in [-0.3, -0.25) is 0 Å². The zero-order chi connectivity index (χ0) is 8.54. The van der Waals surface area contributed by atoms with Crippen LogP contribution in [0.1, 0.15) is 12.8 Å². The summed E-state index contributed by atoms with van der Waals surface area (Å²) in [7, 11) is 0.396. The maximum atomic E-state index is 5.99. The van der Waals surface area contributed by atoms with Crippen LogP contribution in [0.5, 0.6) is 0 Å². The molecule has 2 nitrogen and oxygen atoms in total. The normalized spacial score (nSPS) is 21.8. The van der Waals surface area contributed by atoms with Gasteiger partial charge < -0.3 is 9.16 Å². The van der Waals surface area contributed by atoms with Gasteiger partial charge in [0.1, 0.15) is 0 Å². The van der Waals surface area contributed by atoms with E-state index in [1.807, 2.05) is 0 Å². The highest BCUT2D eigenvalue weighted by molar-refractivity contribution is 6.69. The predicted octanol–water partition coefficient (Wildman–Crippen LogP) is 2.02. The Morgan fingerprint density at radius 3 is 2.09 bits per heavy atom. The standard InChI is InChI=1S/C8H18O2Si/c1-9-7-8(5-6-8)10-11(2,3)4/h5-7H2,1-4H3. The third-order valence-electron chi connectivity index (χ3n) is 1.74. The average molecular weight is 174 g/mol. The lowest BCUT2D eigenvalue weighted by atomic mass is 10.4. The van der Waals surface area contributed by atoms with Crippen molar-refractivity contribution in [2.24, 2.45) is 0 Å². The molecule has 0 amide bonds. The fraction of sp³-hybridized carbons (Fsp3) is 1.00. The number of ether oxygens (including phenoxy) is 1. The topological polar surface area (TPSA) is 18.5 Å². The van der Waals surface area contributed by atoms with Crippen LogP contribution in [0, 0.1) is 0 Å². The van der Waals surface area contributed by atoms with Crippen molar-refractivity contribution in [3.8, 4) is 0 Å². The second-order valence-corrected chi connectivity index (χ2v) is 8.76. The molecule has 0 aromatic heterocycles. The summed E-state index contributed by atoms with van der Waals surface area (Å²) in [5.74, 6) is 0. The minimum Gasteiger partial charge on any atom is -0.410 e. The van der Waals surface area contributed by atoms with E-state index in [0.717, 1.165) is 6.61 Å². The van der Waals surface area contributed by atoms with Gasteiger partial charge in [0.25, 0.3) is 0 Å². The van der Waals surface area contributed by atoms with Gasteiger partial charge in [0.05, 0.1) is 12.2 Å². The van der Waals surface area contributed by atoms with E-state index < -0.39 is 8.32 Å². The molecule has 0 heterocycles. The van der Waals surface area contributed by atoms with Crippen molar-refractivity contribution in [1.82, 2.24) is 0 Å². The Bertz CT molecular complexity index is 136. The van der Waals surface area contributed by atoms with Crippen LogP contribution in [0.3, 0.4) is 0 Å². The van der Waals surface area contributed by atoms with Gasteiger partial charge in [0.15, 0.2) is 8.32 Å². The summed E-state index contributed by atoms with van der Waals surface area (Å²) in [5, 5.41) is 0. The molecule has 1 aliphatic carbocycles. The van der Waals surface area contributed by atoms with E-state index in [1.165, 1.54) is 12.8 Å². The highest BCUT2D eigenvalue weighted by Gasteiger charge is 2.46. The molecule has 1 rings (SSSR count). The van der Waals surface area contributed by atoms with Crippen LogP contribution in [-0.2, 0) is 9.16 Å². The first kappa shape index (κ1) is 9.23. The number of rotatable bonds is 4. The van der Waals surface area contributed by atoms with Crippen LogP contribution in [0.25, 0.3) is 0 Å². The number of hydrogen-bond acceptors (Lipinski definition) is 2. The first-order valence-corrected chi connectivity index (χ1v) is 7.57. The van der Waals surface area contributed by atoms with Gasteiger partial charge in [-0.1, -0.05) is 0 Å². The minimum atomic E-state index is -1.35. The summed E-state index contributed by atoms with van der Waals surface area (Å²) < 4.78 is 11.1. The van der Waals surface area contributed by atoms with Crippen LogP contribution in [0.2, 0.25) is 19.6 Å². The average Bonchev–Trinajstić information content (AvgIpc) is 2.44. The van der Waals surface area contributed by atoms with Gasteiger partial charge in [-0.05, 0) is 32.5 Å². The molecule has 1 aliphatic rings. The quantitative estimate of drug-likeness (QED) is 0.607. The molecule has 0 spiro atoms. The second kappa shape index (κ2) is 2.88. The van der Waals surface area contributed by atoms with E-state index in [4.69, 9.17) is 9.16 Å². The van der Waals surface area contributed by atoms with Crippen LogP contribution in [-0.4, -0.2) is 27.6 Å². The molecule has 0 aromatic rings. The molecule has 0 N–H and O–H groups in total. The van der Waals surface area contributed by atoms with Crippen LogP contribution >= 0.6 is 0 Å². The molecule has 0 bridgehead atoms. The van der Waals surface area contributed by atoms with Crippen molar-refractivity contribution >= 4 is 8.32 Å². The van der Waals surface area contributed by atoms with E-state index in [0.29, 0.717) is 0 Å². The molecular weight excluding hydrogens is 156 g/mol. The third kappa shape index (κ3) is 2.93. The lowest BCUT2D eigenvalue weighted by Gasteiger charge is -2.25. The van der Waals surface area contributed by atoms with Gasteiger partial charge in [0.2, 0.25) is 0 Å².